The molecule has 1 aliphatic rings. The lowest BCUT2D eigenvalue weighted by Crippen LogP contribution is -2.21. The minimum Gasteiger partial charge on any atom is -0.493 e. The summed E-state index contributed by atoms with van der Waals surface area (Å²) in [6.07, 6.45) is 3.92. The summed E-state index contributed by atoms with van der Waals surface area (Å²) in [5, 5.41) is 8.29. The van der Waals surface area contributed by atoms with Crippen LogP contribution in [0.3, 0.4) is 0 Å². The maximum atomic E-state index is 5.96. The van der Waals surface area contributed by atoms with Gasteiger partial charge in [-0.3, -0.25) is 0 Å². The smallest absolute Gasteiger partial charge is 0.250 e. The third-order valence-corrected chi connectivity index (χ3v) is 6.17. The fourth-order valence-corrected chi connectivity index (χ4v) is 4.10. The van der Waals surface area contributed by atoms with Crippen LogP contribution in [0, 0.1) is 0 Å². The van der Waals surface area contributed by atoms with Gasteiger partial charge in [0.25, 0.3) is 0 Å². The zero-order valence-electron chi connectivity index (χ0n) is 21.0. The number of hydrogen-bond donors (Lipinski definition) is 2. The Kier molecular flexibility index (Phi) is 8.15. The van der Waals surface area contributed by atoms with E-state index in [0.29, 0.717) is 41.0 Å². The number of para-hydroxylation sites is 1. The first-order valence-corrected chi connectivity index (χ1v) is 12.7. The van der Waals surface area contributed by atoms with Crippen LogP contribution in [0.4, 0.5) is 23.5 Å². The van der Waals surface area contributed by atoms with Crippen molar-refractivity contribution in [3.63, 3.8) is 0 Å². The van der Waals surface area contributed by atoms with Crippen LogP contribution >= 0.6 is 11.6 Å². The van der Waals surface area contributed by atoms with E-state index in [-0.39, 0.29) is 0 Å². The Hall–Kier alpha value is -4.37. The fourth-order valence-electron chi connectivity index (χ4n) is 3.97. The van der Waals surface area contributed by atoms with Gasteiger partial charge in [0.2, 0.25) is 17.8 Å². The molecule has 0 bridgehead atoms. The van der Waals surface area contributed by atoms with Crippen molar-refractivity contribution in [2.24, 2.45) is 5.10 Å². The molecule has 0 aliphatic carbocycles. The number of hydrazone groups is 1. The number of aromatic nitrogens is 3. The van der Waals surface area contributed by atoms with Crippen LogP contribution in [0.2, 0.25) is 5.02 Å². The molecular formula is C28H28ClN7O2. The second-order valence-electron chi connectivity index (χ2n) is 8.66. The molecular weight excluding hydrogens is 502 g/mol. The fraction of sp³-hybridized carbons (Fsp3) is 0.214. The molecule has 1 aliphatic heterocycles. The van der Waals surface area contributed by atoms with Gasteiger partial charge in [-0.05, 0) is 66.4 Å². The zero-order valence-corrected chi connectivity index (χ0v) is 21.7. The van der Waals surface area contributed by atoms with Crippen LogP contribution in [0.1, 0.15) is 24.0 Å². The number of rotatable bonds is 10. The van der Waals surface area contributed by atoms with Gasteiger partial charge in [-0.15, -0.1) is 0 Å². The molecule has 2 N–H and O–H groups in total. The van der Waals surface area contributed by atoms with Gasteiger partial charge in [-0.1, -0.05) is 41.9 Å². The molecule has 194 valence electrons. The van der Waals surface area contributed by atoms with Gasteiger partial charge in [-0.2, -0.15) is 20.1 Å². The van der Waals surface area contributed by atoms with E-state index in [1.807, 2.05) is 72.8 Å². The normalized spacial score (nSPS) is 13.1. The SMILES string of the molecule is COc1cc(/C=N\Nc2nc(Nc3ccccc3)nc(N3CCCC3)n2)ccc1OCc1ccc(Cl)cc1. The minimum atomic E-state index is 0.353. The first kappa shape index (κ1) is 25.3. The second kappa shape index (κ2) is 12.2. The summed E-state index contributed by atoms with van der Waals surface area (Å²) in [6.45, 7) is 2.24. The average molecular weight is 530 g/mol. The summed E-state index contributed by atoms with van der Waals surface area (Å²) in [4.78, 5) is 15.9. The van der Waals surface area contributed by atoms with E-state index < -0.39 is 0 Å². The summed E-state index contributed by atoms with van der Waals surface area (Å²) in [7, 11) is 1.61. The lowest BCUT2D eigenvalue weighted by Gasteiger charge is -2.16. The van der Waals surface area contributed by atoms with Gasteiger partial charge >= 0.3 is 0 Å². The van der Waals surface area contributed by atoms with Gasteiger partial charge in [0.15, 0.2) is 11.5 Å². The quantitative estimate of drug-likeness (QED) is 0.193. The Balaban J connectivity index is 1.28. The van der Waals surface area contributed by atoms with Crippen LogP contribution < -0.4 is 25.1 Å². The third-order valence-electron chi connectivity index (χ3n) is 5.92. The van der Waals surface area contributed by atoms with Crippen LogP contribution in [-0.2, 0) is 6.61 Å². The highest BCUT2D eigenvalue weighted by atomic mass is 35.5. The number of nitrogens with one attached hydrogen (secondary N) is 2. The van der Waals surface area contributed by atoms with E-state index in [0.717, 1.165) is 42.7 Å². The summed E-state index contributed by atoms with van der Waals surface area (Å²) in [5.74, 6) is 2.67. The standard InChI is InChI=1S/C28H28ClN7O2/c1-37-25-17-21(11-14-24(25)38-19-20-9-12-22(29)13-10-20)18-30-35-27-32-26(31-23-7-3-2-4-8-23)33-28(34-27)36-15-5-6-16-36/h2-4,7-14,17-18H,5-6,15-16,19H2,1H3,(H2,31,32,33,34,35)/b30-18-. The Morgan fingerprint density at radius 2 is 1.68 bits per heavy atom. The van der Waals surface area contributed by atoms with E-state index in [1.54, 1.807) is 13.3 Å². The van der Waals surface area contributed by atoms with Crippen molar-refractivity contribution in [1.82, 2.24) is 15.0 Å². The Morgan fingerprint density at radius 3 is 2.45 bits per heavy atom. The number of methoxy groups -OCH3 is 1. The number of hydrogen-bond acceptors (Lipinski definition) is 9. The molecule has 0 spiro atoms. The topological polar surface area (TPSA) is 96.8 Å². The van der Waals surface area contributed by atoms with E-state index in [2.05, 4.69) is 35.7 Å². The average Bonchev–Trinajstić information content (AvgIpc) is 3.49. The molecule has 3 aromatic carbocycles. The molecule has 0 unspecified atom stereocenters. The molecule has 9 nitrogen and oxygen atoms in total. The van der Waals surface area contributed by atoms with Crippen LogP contribution in [0.15, 0.2) is 77.9 Å². The Labute approximate surface area is 226 Å². The maximum Gasteiger partial charge on any atom is 0.250 e. The van der Waals surface area contributed by atoms with Crippen LogP contribution in [0.25, 0.3) is 0 Å². The molecule has 1 saturated heterocycles. The minimum absolute atomic E-state index is 0.353. The molecule has 0 radical (unpaired) electrons. The van der Waals surface area contributed by atoms with Crippen LogP contribution in [-0.4, -0.2) is 41.4 Å². The number of anilines is 4. The Morgan fingerprint density at radius 1 is 0.921 bits per heavy atom. The molecule has 0 atom stereocenters. The van der Waals surface area contributed by atoms with E-state index in [1.165, 1.54) is 0 Å². The summed E-state index contributed by atoms with van der Waals surface area (Å²) < 4.78 is 11.5. The largest absolute Gasteiger partial charge is 0.493 e. The highest BCUT2D eigenvalue weighted by Crippen LogP contribution is 2.28. The van der Waals surface area contributed by atoms with Crippen molar-refractivity contribution in [3.8, 4) is 11.5 Å². The summed E-state index contributed by atoms with van der Waals surface area (Å²) >= 11 is 5.96. The third kappa shape index (κ3) is 6.68. The molecule has 4 aromatic rings. The predicted octanol–water partition coefficient (Wildman–Crippen LogP) is 5.90. The first-order chi connectivity index (χ1) is 18.7. The number of nitrogens with zero attached hydrogens (tertiary/aromatic N) is 5. The van der Waals surface area contributed by atoms with Gasteiger partial charge in [-0.25, -0.2) is 5.43 Å². The monoisotopic (exact) mass is 529 g/mol. The Bertz CT molecular complexity index is 1380. The molecule has 10 heteroatoms. The van der Waals surface area contributed by atoms with E-state index in [4.69, 9.17) is 21.1 Å². The van der Waals surface area contributed by atoms with Crippen molar-refractivity contribution in [1.29, 1.82) is 0 Å². The van der Waals surface area contributed by atoms with Crippen molar-refractivity contribution < 1.29 is 9.47 Å². The number of ether oxygens (including phenoxy) is 2. The maximum absolute atomic E-state index is 5.96. The van der Waals surface area contributed by atoms with Crippen LogP contribution in [0.5, 0.6) is 11.5 Å². The van der Waals surface area contributed by atoms with Crippen molar-refractivity contribution in [2.45, 2.75) is 19.4 Å². The summed E-state index contributed by atoms with van der Waals surface area (Å²) in [5.41, 5.74) is 5.67. The van der Waals surface area contributed by atoms with Gasteiger partial charge < -0.3 is 19.7 Å². The van der Waals surface area contributed by atoms with E-state index in [9.17, 15) is 0 Å². The van der Waals surface area contributed by atoms with Crippen molar-refractivity contribution in [3.05, 3.63) is 88.9 Å². The predicted molar refractivity (Wildman–Crippen MR) is 151 cm³/mol. The molecule has 0 amide bonds. The second-order valence-corrected chi connectivity index (χ2v) is 9.10. The first-order valence-electron chi connectivity index (χ1n) is 12.3. The molecule has 1 aromatic heterocycles. The number of halogens is 1. The molecule has 0 saturated carbocycles. The highest BCUT2D eigenvalue weighted by Gasteiger charge is 2.17. The molecule has 1 fully saturated rings. The summed E-state index contributed by atoms with van der Waals surface area (Å²) in [6, 6.07) is 22.9. The van der Waals surface area contributed by atoms with E-state index >= 15 is 0 Å². The zero-order chi connectivity index (χ0) is 26.2. The number of benzene rings is 3. The van der Waals surface area contributed by atoms with Crippen molar-refractivity contribution in [2.75, 3.05) is 35.8 Å². The van der Waals surface area contributed by atoms with Gasteiger partial charge in [0.1, 0.15) is 6.61 Å². The highest BCUT2D eigenvalue weighted by molar-refractivity contribution is 6.30. The lowest BCUT2D eigenvalue weighted by molar-refractivity contribution is 0.284. The van der Waals surface area contributed by atoms with Gasteiger partial charge in [0.05, 0.1) is 13.3 Å². The lowest BCUT2D eigenvalue weighted by atomic mass is 10.2. The molecule has 38 heavy (non-hydrogen) atoms. The van der Waals surface area contributed by atoms with Crippen molar-refractivity contribution >= 4 is 41.3 Å². The van der Waals surface area contributed by atoms with Gasteiger partial charge in [0, 0.05) is 23.8 Å². The molecule has 2 heterocycles. The molecule has 5 rings (SSSR count).